The Kier molecular flexibility index (Phi) is 5.57. The van der Waals surface area contributed by atoms with Gasteiger partial charge in [0.05, 0.1) is 12.2 Å². The number of carboxylic acids is 1. The van der Waals surface area contributed by atoms with Gasteiger partial charge in [-0.1, -0.05) is 18.2 Å². The van der Waals surface area contributed by atoms with Crippen LogP contribution in [0.25, 0.3) is 0 Å². The van der Waals surface area contributed by atoms with Gasteiger partial charge in [-0.05, 0) is 18.6 Å². The largest absolute Gasteiger partial charge is 0.480 e. The Labute approximate surface area is 118 Å². The Hall–Kier alpha value is -2.25. The van der Waals surface area contributed by atoms with Crippen LogP contribution >= 0.6 is 0 Å². The summed E-state index contributed by atoms with van der Waals surface area (Å²) in [5, 5.41) is 11.0. The van der Waals surface area contributed by atoms with Gasteiger partial charge in [-0.3, -0.25) is 0 Å². The van der Waals surface area contributed by atoms with Crippen molar-refractivity contribution in [1.29, 1.82) is 0 Å². The van der Waals surface area contributed by atoms with Gasteiger partial charge in [-0.15, -0.1) is 0 Å². The summed E-state index contributed by atoms with van der Waals surface area (Å²) < 4.78 is 43.0. The van der Waals surface area contributed by atoms with Crippen molar-refractivity contribution < 1.29 is 32.6 Å². The van der Waals surface area contributed by atoms with Crippen LogP contribution in [0, 0.1) is 0 Å². The third-order valence-corrected chi connectivity index (χ3v) is 2.61. The maximum absolute atomic E-state index is 12.8. The molecule has 1 rings (SSSR count). The van der Waals surface area contributed by atoms with E-state index in [1.165, 1.54) is 25.1 Å². The van der Waals surface area contributed by atoms with Gasteiger partial charge in [0.25, 0.3) is 0 Å². The van der Waals surface area contributed by atoms with E-state index in [4.69, 9.17) is 5.11 Å². The van der Waals surface area contributed by atoms with Crippen molar-refractivity contribution in [2.45, 2.75) is 25.6 Å². The number of hydrogen-bond acceptors (Lipinski definition) is 3. The van der Waals surface area contributed by atoms with Gasteiger partial charge in [0, 0.05) is 6.42 Å². The summed E-state index contributed by atoms with van der Waals surface area (Å²) in [6.45, 7) is 1.55. The molecule has 1 amide bonds. The zero-order chi connectivity index (χ0) is 16.0. The molecular formula is C13H14F3NO4. The van der Waals surface area contributed by atoms with Crippen molar-refractivity contribution in [2.24, 2.45) is 0 Å². The summed E-state index contributed by atoms with van der Waals surface area (Å²) in [4.78, 5) is 22.3. The fraction of sp³-hybridized carbons (Fsp3) is 0.385. The van der Waals surface area contributed by atoms with E-state index in [0.717, 1.165) is 6.07 Å². The quantitative estimate of drug-likeness (QED) is 0.876. The standard InChI is InChI=1S/C13H14F3NO4/c1-2-21-12(20)17-10(11(18)19)7-8-5-3-4-6-9(8)13(14,15)16/h3-6,10H,2,7H2,1H3,(H,17,20)(H,18,19)/t10-/m1/s1. The third-order valence-electron chi connectivity index (χ3n) is 2.61. The maximum atomic E-state index is 12.8. The molecule has 1 atom stereocenters. The molecule has 8 heteroatoms. The molecule has 0 aromatic heterocycles. The first-order valence-corrected chi connectivity index (χ1v) is 6.07. The number of amides is 1. The lowest BCUT2D eigenvalue weighted by molar-refractivity contribution is -0.141. The van der Waals surface area contributed by atoms with E-state index < -0.39 is 36.3 Å². The van der Waals surface area contributed by atoms with Crippen LogP contribution < -0.4 is 5.32 Å². The van der Waals surface area contributed by atoms with Crippen LogP contribution in [0.2, 0.25) is 0 Å². The van der Waals surface area contributed by atoms with Crippen molar-refractivity contribution in [3.63, 3.8) is 0 Å². The van der Waals surface area contributed by atoms with Gasteiger partial charge < -0.3 is 15.2 Å². The maximum Gasteiger partial charge on any atom is 0.416 e. The first kappa shape index (κ1) is 16.8. The second kappa shape index (κ2) is 6.96. The van der Waals surface area contributed by atoms with Crippen molar-refractivity contribution in [3.05, 3.63) is 35.4 Å². The van der Waals surface area contributed by atoms with Gasteiger partial charge in [0.1, 0.15) is 6.04 Å². The minimum Gasteiger partial charge on any atom is -0.480 e. The predicted octanol–water partition coefficient (Wildman–Crippen LogP) is 2.45. The zero-order valence-corrected chi connectivity index (χ0v) is 11.1. The van der Waals surface area contributed by atoms with E-state index in [1.54, 1.807) is 0 Å². The first-order chi connectivity index (χ1) is 9.75. The number of aliphatic carboxylic acids is 1. The third kappa shape index (κ3) is 4.97. The number of benzene rings is 1. The molecule has 0 aliphatic heterocycles. The lowest BCUT2D eigenvalue weighted by Crippen LogP contribution is -2.42. The van der Waals surface area contributed by atoms with Crippen LogP contribution in [-0.2, 0) is 22.1 Å². The number of hydrogen-bond donors (Lipinski definition) is 2. The Morgan fingerprint density at radius 2 is 1.95 bits per heavy atom. The molecule has 0 saturated carbocycles. The lowest BCUT2D eigenvalue weighted by Gasteiger charge is -2.17. The van der Waals surface area contributed by atoms with Crippen LogP contribution in [0.1, 0.15) is 18.1 Å². The molecule has 116 valence electrons. The smallest absolute Gasteiger partial charge is 0.416 e. The minimum absolute atomic E-state index is 0.0251. The molecule has 0 heterocycles. The number of alkyl halides is 3. The highest BCUT2D eigenvalue weighted by molar-refractivity contribution is 5.80. The second-order valence-electron chi connectivity index (χ2n) is 4.11. The lowest BCUT2D eigenvalue weighted by atomic mass is 10.00. The normalized spacial score (nSPS) is 12.6. The number of alkyl carbamates (subject to hydrolysis) is 1. The Morgan fingerprint density at radius 1 is 1.33 bits per heavy atom. The number of carboxylic acid groups (broad SMARTS) is 1. The Morgan fingerprint density at radius 3 is 2.48 bits per heavy atom. The Balaban J connectivity index is 2.95. The Bertz CT molecular complexity index is 516. The minimum atomic E-state index is -4.59. The van der Waals surface area contributed by atoms with Gasteiger partial charge in [-0.25, -0.2) is 9.59 Å². The summed E-state index contributed by atoms with van der Waals surface area (Å²) in [5.41, 5.74) is -1.14. The SMILES string of the molecule is CCOC(=O)N[C@H](Cc1ccccc1C(F)(F)F)C(=O)O. The summed E-state index contributed by atoms with van der Waals surface area (Å²) >= 11 is 0. The first-order valence-electron chi connectivity index (χ1n) is 6.07. The van der Waals surface area contributed by atoms with Crippen LogP contribution in [-0.4, -0.2) is 29.8 Å². The van der Waals surface area contributed by atoms with Crippen molar-refractivity contribution in [3.8, 4) is 0 Å². The van der Waals surface area contributed by atoms with E-state index in [0.29, 0.717) is 0 Å². The van der Waals surface area contributed by atoms with Gasteiger partial charge in [0.15, 0.2) is 0 Å². The fourth-order valence-electron chi connectivity index (χ4n) is 1.71. The average molecular weight is 305 g/mol. The van der Waals surface area contributed by atoms with E-state index in [-0.39, 0.29) is 12.2 Å². The number of rotatable bonds is 5. The van der Waals surface area contributed by atoms with Crippen LogP contribution in [0.4, 0.5) is 18.0 Å². The molecule has 0 aliphatic carbocycles. The van der Waals surface area contributed by atoms with Gasteiger partial charge in [-0.2, -0.15) is 13.2 Å². The fourth-order valence-corrected chi connectivity index (χ4v) is 1.71. The summed E-state index contributed by atoms with van der Waals surface area (Å²) in [7, 11) is 0. The molecule has 0 radical (unpaired) electrons. The van der Waals surface area contributed by atoms with Crippen molar-refractivity contribution in [2.75, 3.05) is 6.61 Å². The van der Waals surface area contributed by atoms with Crippen molar-refractivity contribution in [1.82, 2.24) is 5.32 Å². The summed E-state index contributed by atoms with van der Waals surface area (Å²) in [6.07, 6.45) is -6.08. The number of nitrogens with one attached hydrogen (secondary N) is 1. The summed E-state index contributed by atoms with van der Waals surface area (Å²) in [5.74, 6) is -1.44. The van der Waals surface area contributed by atoms with E-state index >= 15 is 0 Å². The van der Waals surface area contributed by atoms with Crippen molar-refractivity contribution >= 4 is 12.1 Å². The molecule has 5 nitrogen and oxygen atoms in total. The highest BCUT2D eigenvalue weighted by Crippen LogP contribution is 2.32. The van der Waals surface area contributed by atoms with Crippen LogP contribution in [0.5, 0.6) is 0 Å². The average Bonchev–Trinajstić information content (AvgIpc) is 2.37. The molecule has 1 aromatic carbocycles. The number of halogens is 3. The molecule has 0 saturated heterocycles. The van der Waals surface area contributed by atoms with E-state index in [1.807, 2.05) is 5.32 Å². The molecule has 21 heavy (non-hydrogen) atoms. The molecule has 0 fully saturated rings. The van der Waals surface area contributed by atoms with Gasteiger partial charge >= 0.3 is 18.2 Å². The molecule has 0 unspecified atom stereocenters. The summed E-state index contributed by atoms with van der Waals surface area (Å²) in [6, 6.07) is 3.10. The molecule has 0 spiro atoms. The number of ether oxygens (including phenoxy) is 1. The molecular weight excluding hydrogens is 291 g/mol. The zero-order valence-electron chi connectivity index (χ0n) is 11.1. The van der Waals surface area contributed by atoms with Crippen LogP contribution in [0.15, 0.2) is 24.3 Å². The molecule has 0 aliphatic rings. The van der Waals surface area contributed by atoms with Gasteiger partial charge in [0.2, 0.25) is 0 Å². The van der Waals surface area contributed by atoms with E-state index in [2.05, 4.69) is 4.74 Å². The molecule has 0 bridgehead atoms. The topological polar surface area (TPSA) is 75.6 Å². The van der Waals surface area contributed by atoms with E-state index in [9.17, 15) is 22.8 Å². The predicted molar refractivity (Wildman–Crippen MR) is 66.7 cm³/mol. The highest BCUT2D eigenvalue weighted by Gasteiger charge is 2.34. The number of carbonyl (C=O) groups excluding carboxylic acids is 1. The highest BCUT2D eigenvalue weighted by atomic mass is 19.4. The molecule has 1 aromatic rings. The second-order valence-corrected chi connectivity index (χ2v) is 4.11. The number of carbonyl (C=O) groups is 2. The monoisotopic (exact) mass is 305 g/mol. The molecule has 2 N–H and O–H groups in total. The van der Waals surface area contributed by atoms with Crippen LogP contribution in [0.3, 0.4) is 0 Å².